The van der Waals surface area contributed by atoms with E-state index in [0.29, 0.717) is 6.61 Å². The number of hydrogen-bond donors (Lipinski definition) is 1. The quantitative estimate of drug-likeness (QED) is 0.916. The van der Waals surface area contributed by atoms with Crippen molar-refractivity contribution in [2.45, 2.75) is 20.1 Å². The molecule has 19 heavy (non-hydrogen) atoms. The lowest BCUT2D eigenvalue weighted by Gasteiger charge is -2.12. The lowest BCUT2D eigenvalue weighted by molar-refractivity contribution is 0.301. The Kier molecular flexibility index (Phi) is 4.93. The Morgan fingerprint density at radius 3 is 2.79 bits per heavy atom. The number of pyridine rings is 1. The molecule has 0 radical (unpaired) electrons. The second-order valence-corrected chi connectivity index (χ2v) is 5.20. The van der Waals surface area contributed by atoms with Crippen LogP contribution in [0.1, 0.15) is 16.8 Å². The van der Waals surface area contributed by atoms with Gasteiger partial charge in [0.05, 0.1) is 0 Å². The maximum Gasteiger partial charge on any atom is 0.127 e. The van der Waals surface area contributed by atoms with Gasteiger partial charge in [0, 0.05) is 40.1 Å². The number of halogens is 1. The molecule has 4 heteroatoms. The van der Waals surface area contributed by atoms with Crippen LogP contribution in [0.25, 0.3) is 0 Å². The van der Waals surface area contributed by atoms with Crippen LogP contribution >= 0.6 is 15.9 Å². The molecule has 1 heterocycles. The van der Waals surface area contributed by atoms with Crippen LogP contribution in [0.5, 0.6) is 5.75 Å². The third kappa shape index (κ3) is 3.78. The molecule has 1 N–H and O–H groups in total. The maximum absolute atomic E-state index is 5.93. The first kappa shape index (κ1) is 14.0. The van der Waals surface area contributed by atoms with E-state index in [-0.39, 0.29) is 0 Å². The highest BCUT2D eigenvalue weighted by atomic mass is 79.9. The van der Waals surface area contributed by atoms with E-state index in [0.717, 1.165) is 33.6 Å². The monoisotopic (exact) mass is 320 g/mol. The zero-order valence-electron chi connectivity index (χ0n) is 11.1. The van der Waals surface area contributed by atoms with Crippen LogP contribution in [0.3, 0.4) is 0 Å². The topological polar surface area (TPSA) is 34.2 Å². The fraction of sp³-hybridized carbons (Fsp3) is 0.267. The van der Waals surface area contributed by atoms with Crippen LogP contribution < -0.4 is 10.1 Å². The number of aromatic nitrogens is 1. The molecule has 0 unspecified atom stereocenters. The predicted molar refractivity (Wildman–Crippen MR) is 80.2 cm³/mol. The van der Waals surface area contributed by atoms with Crippen molar-refractivity contribution in [1.29, 1.82) is 0 Å². The summed E-state index contributed by atoms with van der Waals surface area (Å²) in [5, 5.41) is 3.12. The van der Waals surface area contributed by atoms with Gasteiger partial charge < -0.3 is 10.1 Å². The summed E-state index contributed by atoms with van der Waals surface area (Å²) in [5.74, 6) is 0.887. The van der Waals surface area contributed by atoms with Crippen molar-refractivity contribution in [1.82, 2.24) is 10.3 Å². The SMILES string of the molecule is CNCc1cnc(C)cc1OCc1ccccc1Br. The largest absolute Gasteiger partial charge is 0.488 e. The lowest BCUT2D eigenvalue weighted by Crippen LogP contribution is -2.08. The molecule has 1 aromatic carbocycles. The van der Waals surface area contributed by atoms with Gasteiger partial charge in [-0.3, -0.25) is 4.98 Å². The summed E-state index contributed by atoms with van der Waals surface area (Å²) >= 11 is 3.53. The number of hydrogen-bond acceptors (Lipinski definition) is 3. The molecule has 0 spiro atoms. The van der Waals surface area contributed by atoms with Gasteiger partial charge in [0.25, 0.3) is 0 Å². The van der Waals surface area contributed by atoms with E-state index in [4.69, 9.17) is 4.74 Å². The average molecular weight is 321 g/mol. The minimum absolute atomic E-state index is 0.543. The number of ether oxygens (including phenoxy) is 1. The average Bonchev–Trinajstić information content (AvgIpc) is 2.41. The molecular formula is C15H17BrN2O. The predicted octanol–water partition coefficient (Wildman–Crippen LogP) is 3.45. The van der Waals surface area contributed by atoms with E-state index in [2.05, 4.69) is 32.3 Å². The van der Waals surface area contributed by atoms with Gasteiger partial charge in [-0.05, 0) is 20.0 Å². The van der Waals surface area contributed by atoms with Crippen LogP contribution in [0.4, 0.5) is 0 Å². The highest BCUT2D eigenvalue weighted by Gasteiger charge is 2.06. The Bertz CT molecular complexity index is 558. The van der Waals surface area contributed by atoms with Crippen LogP contribution in [0.15, 0.2) is 41.0 Å². The highest BCUT2D eigenvalue weighted by Crippen LogP contribution is 2.22. The van der Waals surface area contributed by atoms with Crippen molar-refractivity contribution < 1.29 is 4.74 Å². The normalized spacial score (nSPS) is 10.5. The Labute approximate surface area is 122 Å². The Morgan fingerprint density at radius 1 is 1.26 bits per heavy atom. The van der Waals surface area contributed by atoms with E-state index in [1.54, 1.807) is 0 Å². The lowest BCUT2D eigenvalue weighted by atomic mass is 10.2. The Balaban J connectivity index is 2.14. The molecule has 0 fully saturated rings. The van der Waals surface area contributed by atoms with Gasteiger partial charge in [-0.25, -0.2) is 0 Å². The summed E-state index contributed by atoms with van der Waals surface area (Å²) in [6.45, 7) is 3.26. The summed E-state index contributed by atoms with van der Waals surface area (Å²) in [4.78, 5) is 4.30. The molecule has 2 rings (SSSR count). The van der Waals surface area contributed by atoms with Gasteiger partial charge in [-0.2, -0.15) is 0 Å². The van der Waals surface area contributed by atoms with Gasteiger partial charge in [0.15, 0.2) is 0 Å². The zero-order chi connectivity index (χ0) is 13.7. The zero-order valence-corrected chi connectivity index (χ0v) is 12.7. The molecule has 3 nitrogen and oxygen atoms in total. The molecule has 0 amide bonds. The maximum atomic E-state index is 5.93. The van der Waals surface area contributed by atoms with Crippen molar-refractivity contribution in [2.75, 3.05) is 7.05 Å². The summed E-state index contributed by atoms with van der Waals surface area (Å²) in [6, 6.07) is 10.1. The number of rotatable bonds is 5. The van der Waals surface area contributed by atoms with E-state index >= 15 is 0 Å². The molecule has 2 aromatic rings. The van der Waals surface area contributed by atoms with Gasteiger partial charge in [-0.1, -0.05) is 34.1 Å². The van der Waals surface area contributed by atoms with E-state index in [1.807, 2.05) is 44.4 Å². The first-order chi connectivity index (χ1) is 9.20. The minimum atomic E-state index is 0.543. The number of aryl methyl sites for hydroxylation is 1. The van der Waals surface area contributed by atoms with Gasteiger partial charge >= 0.3 is 0 Å². The van der Waals surface area contributed by atoms with Gasteiger partial charge in [-0.15, -0.1) is 0 Å². The first-order valence-electron chi connectivity index (χ1n) is 6.17. The summed E-state index contributed by atoms with van der Waals surface area (Å²) in [5.41, 5.74) is 3.16. The fourth-order valence-corrected chi connectivity index (χ4v) is 2.19. The minimum Gasteiger partial charge on any atom is -0.488 e. The molecule has 0 atom stereocenters. The second-order valence-electron chi connectivity index (χ2n) is 4.34. The molecule has 0 saturated heterocycles. The number of nitrogens with one attached hydrogen (secondary N) is 1. The first-order valence-corrected chi connectivity index (χ1v) is 6.96. The van der Waals surface area contributed by atoms with E-state index in [1.165, 1.54) is 0 Å². The molecular weight excluding hydrogens is 304 g/mol. The summed E-state index contributed by atoms with van der Waals surface area (Å²) in [7, 11) is 1.91. The Morgan fingerprint density at radius 2 is 2.05 bits per heavy atom. The fourth-order valence-electron chi connectivity index (χ4n) is 1.79. The van der Waals surface area contributed by atoms with E-state index < -0.39 is 0 Å². The van der Waals surface area contributed by atoms with Crippen LogP contribution in [-0.2, 0) is 13.2 Å². The van der Waals surface area contributed by atoms with Crippen molar-refractivity contribution in [3.05, 3.63) is 57.8 Å². The third-order valence-electron chi connectivity index (χ3n) is 2.79. The van der Waals surface area contributed by atoms with Gasteiger partial charge in [0.2, 0.25) is 0 Å². The van der Waals surface area contributed by atoms with Crippen LogP contribution in [0, 0.1) is 6.92 Å². The highest BCUT2D eigenvalue weighted by molar-refractivity contribution is 9.10. The van der Waals surface area contributed by atoms with Crippen molar-refractivity contribution in [3.63, 3.8) is 0 Å². The molecule has 0 aliphatic rings. The molecule has 100 valence electrons. The molecule has 1 aromatic heterocycles. The Hall–Kier alpha value is -1.39. The molecule has 0 aliphatic carbocycles. The summed E-state index contributed by atoms with van der Waals surface area (Å²) < 4.78 is 6.99. The van der Waals surface area contributed by atoms with Crippen molar-refractivity contribution in [2.24, 2.45) is 0 Å². The van der Waals surface area contributed by atoms with Crippen molar-refractivity contribution in [3.8, 4) is 5.75 Å². The van der Waals surface area contributed by atoms with Crippen LogP contribution in [0.2, 0.25) is 0 Å². The van der Waals surface area contributed by atoms with Crippen LogP contribution in [-0.4, -0.2) is 12.0 Å². The molecule has 0 aliphatic heterocycles. The number of nitrogens with zero attached hydrogens (tertiary/aromatic N) is 1. The third-order valence-corrected chi connectivity index (χ3v) is 3.56. The molecule has 0 bridgehead atoms. The van der Waals surface area contributed by atoms with Crippen molar-refractivity contribution >= 4 is 15.9 Å². The van der Waals surface area contributed by atoms with Gasteiger partial charge in [0.1, 0.15) is 12.4 Å². The van der Waals surface area contributed by atoms with E-state index in [9.17, 15) is 0 Å². The number of benzene rings is 1. The second kappa shape index (κ2) is 6.68. The smallest absolute Gasteiger partial charge is 0.127 e. The molecule has 0 saturated carbocycles. The summed E-state index contributed by atoms with van der Waals surface area (Å²) in [6.07, 6.45) is 1.86. The standard InChI is InChI=1S/C15H17BrN2O/c1-11-7-15(13(8-17-2)9-18-11)19-10-12-5-3-4-6-14(12)16/h3-7,9,17H,8,10H2,1-2H3.